The molecule has 4 nitrogen and oxygen atoms in total. The summed E-state index contributed by atoms with van der Waals surface area (Å²) in [6, 6.07) is 4.90. The SMILES string of the molecule is CCOC1CC(c2nc(Cc3cccc(Cl)c3F)no2)C1. The summed E-state index contributed by atoms with van der Waals surface area (Å²) in [5.74, 6) is 0.923. The molecule has 0 unspecified atom stereocenters. The maximum Gasteiger partial charge on any atom is 0.229 e. The summed E-state index contributed by atoms with van der Waals surface area (Å²) in [4.78, 5) is 4.35. The highest BCUT2D eigenvalue weighted by Gasteiger charge is 2.34. The van der Waals surface area contributed by atoms with Crippen LogP contribution in [0.1, 0.15) is 43.0 Å². The molecule has 1 aromatic heterocycles. The normalized spacial score (nSPS) is 21.3. The molecule has 1 aliphatic carbocycles. The molecule has 3 rings (SSSR count). The van der Waals surface area contributed by atoms with E-state index in [-0.39, 0.29) is 17.4 Å². The molecule has 0 amide bonds. The summed E-state index contributed by atoms with van der Waals surface area (Å²) in [5.41, 5.74) is 0.468. The standard InChI is InChI=1S/C15H16ClFN2O2/c1-2-20-11-6-10(7-11)15-18-13(19-21-15)8-9-4-3-5-12(16)14(9)17/h3-5,10-11H,2,6-8H2,1H3. The highest BCUT2D eigenvalue weighted by molar-refractivity contribution is 6.30. The van der Waals surface area contributed by atoms with Crippen LogP contribution in [0.2, 0.25) is 5.02 Å². The molecule has 1 aliphatic rings. The summed E-state index contributed by atoms with van der Waals surface area (Å²) >= 11 is 5.76. The van der Waals surface area contributed by atoms with Crippen LogP contribution < -0.4 is 0 Å². The van der Waals surface area contributed by atoms with E-state index < -0.39 is 5.82 Å². The Labute approximate surface area is 127 Å². The summed E-state index contributed by atoms with van der Waals surface area (Å²) in [6.45, 7) is 2.71. The van der Waals surface area contributed by atoms with Gasteiger partial charge in [-0.05, 0) is 31.4 Å². The number of nitrogens with zero attached hydrogens (tertiary/aromatic N) is 2. The molecule has 0 spiro atoms. The van der Waals surface area contributed by atoms with Gasteiger partial charge in [-0.25, -0.2) is 4.39 Å². The van der Waals surface area contributed by atoms with E-state index in [1.807, 2.05) is 6.92 Å². The molecule has 0 radical (unpaired) electrons. The Morgan fingerprint density at radius 2 is 2.24 bits per heavy atom. The number of rotatable bonds is 5. The second-order valence-electron chi connectivity index (χ2n) is 5.18. The molecule has 1 aromatic carbocycles. The Kier molecular flexibility index (Phi) is 4.22. The van der Waals surface area contributed by atoms with Crippen molar-refractivity contribution >= 4 is 11.6 Å². The zero-order valence-electron chi connectivity index (χ0n) is 11.7. The fraction of sp³-hybridized carbons (Fsp3) is 0.467. The number of benzene rings is 1. The quantitative estimate of drug-likeness (QED) is 0.844. The second-order valence-corrected chi connectivity index (χ2v) is 5.59. The van der Waals surface area contributed by atoms with Gasteiger partial charge in [-0.15, -0.1) is 0 Å². The third-order valence-electron chi connectivity index (χ3n) is 3.71. The molecular weight excluding hydrogens is 295 g/mol. The zero-order chi connectivity index (χ0) is 14.8. The van der Waals surface area contributed by atoms with Crippen molar-refractivity contribution in [3.8, 4) is 0 Å². The topological polar surface area (TPSA) is 48.2 Å². The molecule has 1 heterocycles. The molecule has 0 aliphatic heterocycles. The van der Waals surface area contributed by atoms with Crippen molar-refractivity contribution in [1.29, 1.82) is 0 Å². The van der Waals surface area contributed by atoms with Gasteiger partial charge < -0.3 is 9.26 Å². The number of aromatic nitrogens is 2. The van der Waals surface area contributed by atoms with Crippen LogP contribution in [0.3, 0.4) is 0 Å². The van der Waals surface area contributed by atoms with Gasteiger partial charge in [-0.1, -0.05) is 28.9 Å². The van der Waals surface area contributed by atoms with Crippen molar-refractivity contribution in [2.45, 2.75) is 38.2 Å². The molecule has 112 valence electrons. The van der Waals surface area contributed by atoms with Crippen LogP contribution in [0, 0.1) is 5.82 Å². The number of ether oxygens (including phenoxy) is 1. The first-order valence-corrected chi connectivity index (χ1v) is 7.42. The summed E-state index contributed by atoms with van der Waals surface area (Å²) in [7, 11) is 0. The van der Waals surface area contributed by atoms with Gasteiger partial charge in [-0.2, -0.15) is 4.98 Å². The lowest BCUT2D eigenvalue weighted by molar-refractivity contribution is -0.00961. The maximum absolute atomic E-state index is 13.8. The summed E-state index contributed by atoms with van der Waals surface area (Å²) in [6.07, 6.45) is 2.38. The monoisotopic (exact) mass is 310 g/mol. The Bertz CT molecular complexity index is 626. The average Bonchev–Trinajstić information content (AvgIpc) is 2.87. The smallest absolute Gasteiger partial charge is 0.229 e. The van der Waals surface area contributed by atoms with Gasteiger partial charge in [0.15, 0.2) is 5.82 Å². The molecule has 21 heavy (non-hydrogen) atoms. The molecule has 0 atom stereocenters. The predicted octanol–water partition coefficient (Wildman–Crippen LogP) is 3.74. The summed E-state index contributed by atoms with van der Waals surface area (Å²) in [5, 5.41) is 4.03. The lowest BCUT2D eigenvalue weighted by Crippen LogP contribution is -2.29. The van der Waals surface area contributed by atoms with E-state index in [0.717, 1.165) is 19.4 Å². The lowest BCUT2D eigenvalue weighted by Gasteiger charge is -2.32. The van der Waals surface area contributed by atoms with Gasteiger partial charge in [0.2, 0.25) is 5.89 Å². The largest absolute Gasteiger partial charge is 0.378 e. The van der Waals surface area contributed by atoms with Crippen molar-refractivity contribution in [1.82, 2.24) is 10.1 Å². The van der Waals surface area contributed by atoms with Crippen molar-refractivity contribution in [2.24, 2.45) is 0 Å². The molecule has 0 bridgehead atoms. The van der Waals surface area contributed by atoms with E-state index in [4.69, 9.17) is 20.9 Å². The summed E-state index contributed by atoms with van der Waals surface area (Å²) < 4.78 is 24.6. The van der Waals surface area contributed by atoms with Crippen LogP contribution in [0.4, 0.5) is 4.39 Å². The van der Waals surface area contributed by atoms with Crippen molar-refractivity contribution in [2.75, 3.05) is 6.61 Å². The minimum absolute atomic E-state index is 0.106. The molecule has 0 saturated heterocycles. The number of hydrogen-bond acceptors (Lipinski definition) is 4. The lowest BCUT2D eigenvalue weighted by atomic mass is 9.82. The Morgan fingerprint density at radius 3 is 3.00 bits per heavy atom. The van der Waals surface area contributed by atoms with Gasteiger partial charge in [0.1, 0.15) is 5.82 Å². The first-order chi connectivity index (χ1) is 10.2. The van der Waals surface area contributed by atoms with Gasteiger partial charge in [0.25, 0.3) is 0 Å². The minimum Gasteiger partial charge on any atom is -0.378 e. The zero-order valence-corrected chi connectivity index (χ0v) is 12.4. The first-order valence-electron chi connectivity index (χ1n) is 7.04. The fourth-order valence-corrected chi connectivity index (χ4v) is 2.69. The van der Waals surface area contributed by atoms with Crippen LogP contribution in [0.25, 0.3) is 0 Å². The Balaban J connectivity index is 1.65. The molecular formula is C15H16ClFN2O2. The Morgan fingerprint density at radius 1 is 1.43 bits per heavy atom. The van der Waals surface area contributed by atoms with Crippen LogP contribution in [0.15, 0.2) is 22.7 Å². The van der Waals surface area contributed by atoms with Gasteiger partial charge in [0, 0.05) is 18.9 Å². The van der Waals surface area contributed by atoms with Crippen molar-refractivity contribution in [3.63, 3.8) is 0 Å². The van der Waals surface area contributed by atoms with Crippen molar-refractivity contribution < 1.29 is 13.7 Å². The van der Waals surface area contributed by atoms with Crippen LogP contribution >= 0.6 is 11.6 Å². The van der Waals surface area contributed by atoms with Crippen LogP contribution in [0.5, 0.6) is 0 Å². The van der Waals surface area contributed by atoms with Crippen molar-refractivity contribution in [3.05, 3.63) is 46.3 Å². The third kappa shape index (κ3) is 3.09. The number of hydrogen-bond donors (Lipinski definition) is 0. The molecule has 0 N–H and O–H groups in total. The van der Waals surface area contributed by atoms with E-state index >= 15 is 0 Å². The second kappa shape index (κ2) is 6.12. The molecule has 1 fully saturated rings. The first kappa shape index (κ1) is 14.5. The molecule has 6 heteroatoms. The van der Waals surface area contributed by atoms with E-state index in [0.29, 0.717) is 23.4 Å². The molecule has 2 aromatic rings. The van der Waals surface area contributed by atoms with Crippen LogP contribution in [-0.2, 0) is 11.2 Å². The third-order valence-corrected chi connectivity index (χ3v) is 4.00. The Hall–Kier alpha value is -1.46. The van der Waals surface area contributed by atoms with Gasteiger partial charge in [0.05, 0.1) is 11.1 Å². The van der Waals surface area contributed by atoms with E-state index in [1.165, 1.54) is 6.07 Å². The molecule has 1 saturated carbocycles. The predicted molar refractivity (Wildman–Crippen MR) is 75.9 cm³/mol. The van der Waals surface area contributed by atoms with E-state index in [1.54, 1.807) is 12.1 Å². The number of halogens is 2. The van der Waals surface area contributed by atoms with Gasteiger partial charge in [-0.3, -0.25) is 0 Å². The van der Waals surface area contributed by atoms with Crippen LogP contribution in [-0.4, -0.2) is 22.9 Å². The highest BCUT2D eigenvalue weighted by atomic mass is 35.5. The maximum atomic E-state index is 13.8. The van der Waals surface area contributed by atoms with E-state index in [2.05, 4.69) is 10.1 Å². The highest BCUT2D eigenvalue weighted by Crippen LogP contribution is 2.37. The minimum atomic E-state index is -0.425. The van der Waals surface area contributed by atoms with E-state index in [9.17, 15) is 4.39 Å². The van der Waals surface area contributed by atoms with Gasteiger partial charge >= 0.3 is 0 Å². The average molecular weight is 311 g/mol. The fourth-order valence-electron chi connectivity index (χ4n) is 2.50.